The minimum Gasteiger partial charge on any atom is -0.485 e. The van der Waals surface area contributed by atoms with Crippen LogP contribution in [0.3, 0.4) is 0 Å². The molecule has 3 heterocycles. The van der Waals surface area contributed by atoms with E-state index < -0.39 is 17.2 Å². The standard InChI is InChI=1S/C19H21FN2O5/c1-10-9-26-18-15-12(16(23)13(19(24)25)8-22(10)15)7-14(20)17(18)27-11-3-5-21(2)6-4-11/h7-8,10-11H,3-6,9H2,1-2H3,(H,24,25). The molecule has 0 bridgehead atoms. The molecule has 1 fully saturated rings. The van der Waals surface area contributed by atoms with Crippen LogP contribution in [0.5, 0.6) is 11.5 Å². The van der Waals surface area contributed by atoms with E-state index in [1.807, 2.05) is 14.0 Å². The quantitative estimate of drug-likeness (QED) is 0.885. The van der Waals surface area contributed by atoms with Crippen LogP contribution < -0.4 is 14.9 Å². The van der Waals surface area contributed by atoms with Gasteiger partial charge in [-0.2, -0.15) is 0 Å². The highest BCUT2D eigenvalue weighted by molar-refractivity contribution is 5.95. The first-order valence-electron chi connectivity index (χ1n) is 8.99. The number of benzene rings is 1. The second-order valence-corrected chi connectivity index (χ2v) is 7.28. The number of hydrogen-bond acceptors (Lipinski definition) is 5. The molecule has 2 aromatic rings. The third-order valence-corrected chi connectivity index (χ3v) is 5.30. The van der Waals surface area contributed by atoms with E-state index in [1.165, 1.54) is 6.20 Å². The summed E-state index contributed by atoms with van der Waals surface area (Å²) in [5, 5.41) is 9.30. The Morgan fingerprint density at radius 3 is 2.74 bits per heavy atom. The first-order chi connectivity index (χ1) is 12.9. The Labute approximate surface area is 154 Å². The SMILES string of the molecule is CC1COc2c(OC3CCN(C)CC3)c(F)cc3c(=O)c(C(=O)O)cn1c23. The lowest BCUT2D eigenvalue weighted by Gasteiger charge is -2.32. The molecule has 0 saturated carbocycles. The van der Waals surface area contributed by atoms with Gasteiger partial charge in [0, 0.05) is 19.3 Å². The van der Waals surface area contributed by atoms with Crippen LogP contribution in [-0.2, 0) is 0 Å². The van der Waals surface area contributed by atoms with Gasteiger partial charge in [-0.1, -0.05) is 0 Å². The molecule has 1 saturated heterocycles. The van der Waals surface area contributed by atoms with Crippen molar-refractivity contribution in [2.45, 2.75) is 31.9 Å². The first-order valence-corrected chi connectivity index (χ1v) is 8.99. The van der Waals surface area contributed by atoms with E-state index in [0.29, 0.717) is 5.52 Å². The molecule has 0 aliphatic carbocycles. The molecule has 1 aromatic heterocycles. The number of rotatable bonds is 3. The van der Waals surface area contributed by atoms with Crippen molar-refractivity contribution in [2.75, 3.05) is 26.7 Å². The highest BCUT2D eigenvalue weighted by atomic mass is 19.1. The van der Waals surface area contributed by atoms with Crippen LogP contribution in [0.15, 0.2) is 17.1 Å². The minimum absolute atomic E-state index is 0.000165. The Morgan fingerprint density at radius 2 is 2.07 bits per heavy atom. The smallest absolute Gasteiger partial charge is 0.341 e. The van der Waals surface area contributed by atoms with Crippen molar-refractivity contribution in [1.29, 1.82) is 0 Å². The van der Waals surface area contributed by atoms with Gasteiger partial charge in [0.1, 0.15) is 18.3 Å². The number of aromatic carboxylic acids is 1. The van der Waals surface area contributed by atoms with Gasteiger partial charge < -0.3 is 24.0 Å². The molecule has 2 aliphatic rings. The summed E-state index contributed by atoms with van der Waals surface area (Å²) in [5.41, 5.74) is -0.726. The van der Waals surface area contributed by atoms with Crippen molar-refractivity contribution >= 4 is 16.9 Å². The Morgan fingerprint density at radius 1 is 1.37 bits per heavy atom. The molecule has 8 heteroatoms. The van der Waals surface area contributed by atoms with Crippen molar-refractivity contribution < 1.29 is 23.8 Å². The van der Waals surface area contributed by atoms with Crippen LogP contribution in [-0.4, -0.2) is 53.4 Å². The van der Waals surface area contributed by atoms with Crippen molar-refractivity contribution in [1.82, 2.24) is 9.47 Å². The molecule has 2 aliphatic heterocycles. The molecule has 1 N–H and O–H groups in total. The molecular weight excluding hydrogens is 355 g/mol. The third-order valence-electron chi connectivity index (χ3n) is 5.30. The largest absolute Gasteiger partial charge is 0.485 e. The van der Waals surface area contributed by atoms with E-state index in [1.54, 1.807) is 4.57 Å². The van der Waals surface area contributed by atoms with Gasteiger partial charge in [-0.15, -0.1) is 0 Å². The zero-order chi connectivity index (χ0) is 19.3. The molecule has 144 valence electrons. The van der Waals surface area contributed by atoms with E-state index in [-0.39, 0.29) is 41.2 Å². The van der Waals surface area contributed by atoms with Crippen LogP contribution in [0.25, 0.3) is 10.9 Å². The average Bonchev–Trinajstić information content (AvgIpc) is 2.63. The zero-order valence-electron chi connectivity index (χ0n) is 15.2. The summed E-state index contributed by atoms with van der Waals surface area (Å²) in [6, 6.07) is 0.871. The molecule has 0 spiro atoms. The maximum Gasteiger partial charge on any atom is 0.341 e. The van der Waals surface area contributed by atoms with Crippen LogP contribution in [0.2, 0.25) is 0 Å². The number of carboxylic acid groups (broad SMARTS) is 1. The lowest BCUT2D eigenvalue weighted by atomic mass is 10.1. The Kier molecular flexibility index (Phi) is 4.30. The summed E-state index contributed by atoms with van der Waals surface area (Å²) >= 11 is 0. The fourth-order valence-electron chi connectivity index (χ4n) is 3.73. The van der Waals surface area contributed by atoms with Crippen molar-refractivity contribution in [3.63, 3.8) is 0 Å². The number of hydrogen-bond donors (Lipinski definition) is 1. The Balaban J connectivity index is 1.88. The Hall–Kier alpha value is -2.61. The molecule has 0 radical (unpaired) electrons. The summed E-state index contributed by atoms with van der Waals surface area (Å²) in [4.78, 5) is 26.1. The monoisotopic (exact) mass is 376 g/mol. The van der Waals surface area contributed by atoms with Crippen molar-refractivity contribution in [2.24, 2.45) is 0 Å². The summed E-state index contributed by atoms with van der Waals surface area (Å²) in [5.74, 6) is -1.87. The van der Waals surface area contributed by atoms with E-state index in [0.717, 1.165) is 32.0 Å². The number of pyridine rings is 1. The normalized spacial score (nSPS) is 20.5. The summed E-state index contributed by atoms with van der Waals surface area (Å²) in [7, 11) is 2.03. The zero-order valence-corrected chi connectivity index (χ0v) is 15.2. The van der Waals surface area contributed by atoms with Crippen LogP contribution in [0.1, 0.15) is 36.2 Å². The van der Waals surface area contributed by atoms with Crippen LogP contribution in [0, 0.1) is 5.82 Å². The lowest BCUT2D eigenvalue weighted by molar-refractivity contribution is 0.0694. The fraction of sp³-hybridized carbons (Fsp3) is 0.474. The van der Waals surface area contributed by atoms with Gasteiger partial charge in [-0.05, 0) is 32.9 Å². The van der Waals surface area contributed by atoms with E-state index in [2.05, 4.69) is 4.90 Å². The molecule has 27 heavy (non-hydrogen) atoms. The van der Waals surface area contributed by atoms with Crippen molar-refractivity contribution in [3.8, 4) is 11.5 Å². The second-order valence-electron chi connectivity index (χ2n) is 7.28. The molecule has 0 amide bonds. The van der Waals surface area contributed by atoms with Crippen molar-refractivity contribution in [3.05, 3.63) is 33.9 Å². The van der Waals surface area contributed by atoms with Gasteiger partial charge in [0.05, 0.1) is 16.9 Å². The average molecular weight is 376 g/mol. The van der Waals surface area contributed by atoms with Gasteiger partial charge in [0.2, 0.25) is 5.43 Å². The Bertz CT molecular complexity index is 978. The summed E-state index contributed by atoms with van der Waals surface area (Å²) in [6.45, 7) is 3.80. The number of carboxylic acids is 1. The first kappa shape index (κ1) is 17.8. The van der Waals surface area contributed by atoms with E-state index in [4.69, 9.17) is 9.47 Å². The van der Waals surface area contributed by atoms with E-state index >= 15 is 0 Å². The highest BCUT2D eigenvalue weighted by Crippen LogP contribution is 2.42. The summed E-state index contributed by atoms with van der Waals surface area (Å²) < 4.78 is 28.2. The van der Waals surface area contributed by atoms with E-state index in [9.17, 15) is 19.1 Å². The molecule has 1 atom stereocenters. The second kappa shape index (κ2) is 6.53. The number of halogens is 1. The van der Waals surface area contributed by atoms with Gasteiger partial charge in [0.15, 0.2) is 17.3 Å². The molecule has 1 unspecified atom stereocenters. The summed E-state index contributed by atoms with van der Waals surface area (Å²) in [6.07, 6.45) is 2.72. The lowest BCUT2D eigenvalue weighted by Crippen LogP contribution is -2.36. The molecular formula is C19H21FN2O5. The predicted molar refractivity (Wildman–Crippen MR) is 96.5 cm³/mol. The number of ether oxygens (including phenoxy) is 2. The third kappa shape index (κ3) is 2.93. The van der Waals surface area contributed by atoms with Gasteiger partial charge in [0.25, 0.3) is 0 Å². The predicted octanol–water partition coefficient (Wildman–Crippen LogP) is 2.27. The highest BCUT2D eigenvalue weighted by Gasteiger charge is 2.30. The number of aromatic nitrogens is 1. The van der Waals surface area contributed by atoms with Gasteiger partial charge in [-0.25, -0.2) is 9.18 Å². The number of nitrogens with zero attached hydrogens (tertiary/aromatic N) is 2. The maximum atomic E-state index is 14.9. The molecule has 4 rings (SSSR count). The van der Waals surface area contributed by atoms with Crippen LogP contribution in [0.4, 0.5) is 4.39 Å². The molecule has 7 nitrogen and oxygen atoms in total. The minimum atomic E-state index is -1.34. The fourth-order valence-corrected chi connectivity index (χ4v) is 3.73. The molecule has 1 aromatic carbocycles. The topological polar surface area (TPSA) is 81.0 Å². The number of piperidine rings is 1. The number of carbonyl (C=O) groups is 1. The number of likely N-dealkylation sites (tertiary alicyclic amines) is 1. The van der Waals surface area contributed by atoms with Gasteiger partial charge >= 0.3 is 5.97 Å². The van der Waals surface area contributed by atoms with Gasteiger partial charge in [-0.3, -0.25) is 4.79 Å². The van der Waals surface area contributed by atoms with Crippen LogP contribution >= 0.6 is 0 Å². The maximum absolute atomic E-state index is 14.9.